The van der Waals surface area contributed by atoms with Gasteiger partial charge in [0.1, 0.15) is 17.7 Å². The number of hydrogen-bond donors (Lipinski definition) is 2. The maximum absolute atomic E-state index is 14.2. The van der Waals surface area contributed by atoms with E-state index in [1.165, 1.54) is 0 Å². The molecule has 0 aliphatic heterocycles. The van der Waals surface area contributed by atoms with Crippen LogP contribution in [0.25, 0.3) is 0 Å². The summed E-state index contributed by atoms with van der Waals surface area (Å²) in [6.45, 7) is 13.7. The monoisotopic (exact) mass is 555 g/mol. The number of thioether (sulfide) groups is 1. The number of anilines is 1. The summed E-state index contributed by atoms with van der Waals surface area (Å²) in [5.41, 5.74) is 3.80. The van der Waals surface area contributed by atoms with Crippen LogP contribution in [0.4, 0.5) is 10.5 Å². The van der Waals surface area contributed by atoms with Crippen molar-refractivity contribution in [1.29, 1.82) is 0 Å². The second-order valence-corrected chi connectivity index (χ2v) is 11.9. The molecule has 0 saturated carbocycles. The highest BCUT2D eigenvalue weighted by Gasteiger charge is 2.36. The van der Waals surface area contributed by atoms with Crippen molar-refractivity contribution >= 4 is 35.4 Å². The second kappa shape index (κ2) is 15.0. The van der Waals surface area contributed by atoms with Gasteiger partial charge in [-0.1, -0.05) is 49.7 Å². The summed E-state index contributed by atoms with van der Waals surface area (Å²) in [5.74, 6) is 0.0711. The summed E-state index contributed by atoms with van der Waals surface area (Å²) >= 11 is 1.59. The number of carbonyl (C=O) groups excluding carboxylic acids is 3. The first-order valence-corrected chi connectivity index (χ1v) is 15.0. The number of carbonyl (C=O) groups is 3. The van der Waals surface area contributed by atoms with Crippen LogP contribution in [0.3, 0.4) is 0 Å². The molecule has 0 saturated heterocycles. The van der Waals surface area contributed by atoms with E-state index in [2.05, 4.69) is 10.6 Å². The van der Waals surface area contributed by atoms with E-state index in [1.807, 2.05) is 76.4 Å². The molecule has 2 rings (SSSR count). The van der Waals surface area contributed by atoms with Crippen LogP contribution < -0.4 is 10.6 Å². The number of nitrogens with one attached hydrogen (secondary N) is 2. The lowest BCUT2D eigenvalue weighted by atomic mass is 9.97. The fraction of sp³-hybridized carbons (Fsp3) is 0.516. The van der Waals surface area contributed by atoms with E-state index >= 15 is 0 Å². The lowest BCUT2D eigenvalue weighted by Gasteiger charge is -2.35. The molecule has 2 aromatic carbocycles. The molecule has 0 aliphatic carbocycles. The topological polar surface area (TPSA) is 87.7 Å². The zero-order chi connectivity index (χ0) is 29.2. The van der Waals surface area contributed by atoms with Crippen molar-refractivity contribution in [2.75, 3.05) is 23.9 Å². The van der Waals surface area contributed by atoms with E-state index < -0.39 is 23.8 Å². The quantitative estimate of drug-likeness (QED) is 0.309. The number of hydrogen-bond acceptors (Lipinski definition) is 5. The van der Waals surface area contributed by atoms with Gasteiger partial charge < -0.3 is 20.3 Å². The van der Waals surface area contributed by atoms with Crippen molar-refractivity contribution in [3.05, 3.63) is 64.7 Å². The summed E-state index contributed by atoms with van der Waals surface area (Å²) in [7, 11) is 0. The minimum absolute atomic E-state index is 0.294. The van der Waals surface area contributed by atoms with Crippen molar-refractivity contribution in [1.82, 2.24) is 10.2 Å². The minimum atomic E-state index is -0.875. The number of nitrogens with zero attached hydrogens (tertiary/aromatic N) is 1. The molecule has 7 nitrogen and oxygen atoms in total. The lowest BCUT2D eigenvalue weighted by Crippen LogP contribution is -2.52. The van der Waals surface area contributed by atoms with Crippen molar-refractivity contribution in [2.24, 2.45) is 0 Å². The van der Waals surface area contributed by atoms with Gasteiger partial charge in [0, 0.05) is 12.2 Å². The van der Waals surface area contributed by atoms with Gasteiger partial charge in [-0.2, -0.15) is 11.8 Å². The third-order valence-corrected chi connectivity index (χ3v) is 7.09. The first-order valence-electron chi connectivity index (χ1n) is 13.6. The molecule has 0 radical (unpaired) electrons. The third kappa shape index (κ3) is 9.92. The van der Waals surface area contributed by atoms with Crippen LogP contribution in [-0.2, 0) is 14.3 Å². The van der Waals surface area contributed by atoms with Gasteiger partial charge in [-0.25, -0.2) is 4.79 Å². The largest absolute Gasteiger partial charge is 0.444 e. The van der Waals surface area contributed by atoms with Crippen molar-refractivity contribution in [2.45, 2.75) is 85.4 Å². The van der Waals surface area contributed by atoms with Gasteiger partial charge >= 0.3 is 6.09 Å². The molecular formula is C31H45N3O4S. The van der Waals surface area contributed by atoms with Crippen molar-refractivity contribution in [3.8, 4) is 0 Å². The summed E-state index contributed by atoms with van der Waals surface area (Å²) in [6, 6.07) is 11.7. The van der Waals surface area contributed by atoms with Gasteiger partial charge in [0.15, 0.2) is 0 Å². The van der Waals surface area contributed by atoms with Crippen LogP contribution in [0.2, 0.25) is 0 Å². The smallest absolute Gasteiger partial charge is 0.408 e. The first-order chi connectivity index (χ1) is 18.4. The molecular weight excluding hydrogens is 510 g/mol. The number of amides is 3. The second-order valence-electron chi connectivity index (χ2n) is 10.9. The van der Waals surface area contributed by atoms with E-state index in [1.54, 1.807) is 37.4 Å². The van der Waals surface area contributed by atoms with Crippen LogP contribution in [-0.4, -0.2) is 53.0 Å². The highest BCUT2D eigenvalue weighted by Crippen LogP contribution is 2.28. The molecule has 2 N–H and O–H groups in total. The SMILES string of the molecule is CCCCN(C(=O)C(CCSC)NC(=O)OC(C)(C)C)C(C(=O)Nc1ccccc1C)c1ccc(C)c(C)c1. The number of ether oxygens (including phenoxy) is 1. The summed E-state index contributed by atoms with van der Waals surface area (Å²) in [5, 5.41) is 5.85. The molecule has 39 heavy (non-hydrogen) atoms. The Kier molecular flexibility index (Phi) is 12.4. The van der Waals surface area contributed by atoms with Gasteiger partial charge in [0.05, 0.1) is 0 Å². The molecule has 0 aliphatic rings. The molecule has 0 heterocycles. The molecule has 2 unspecified atom stereocenters. The first kappa shape index (κ1) is 32.2. The molecule has 8 heteroatoms. The molecule has 3 amide bonds. The summed E-state index contributed by atoms with van der Waals surface area (Å²) in [4.78, 5) is 42.6. The molecule has 0 aromatic heterocycles. The number of para-hydroxylation sites is 1. The van der Waals surface area contributed by atoms with Gasteiger partial charge in [-0.15, -0.1) is 0 Å². The van der Waals surface area contributed by atoms with E-state index in [0.717, 1.165) is 28.7 Å². The Labute approximate surface area is 238 Å². The normalized spacial score (nSPS) is 12.8. The Morgan fingerprint density at radius 2 is 1.69 bits per heavy atom. The molecule has 214 valence electrons. The van der Waals surface area contributed by atoms with Crippen LogP contribution >= 0.6 is 11.8 Å². The molecule has 0 fully saturated rings. The highest BCUT2D eigenvalue weighted by molar-refractivity contribution is 7.98. The standard InChI is InChI=1S/C31H45N3O4S/c1-9-10-18-34(29(36)26(17-19-39-8)33-30(37)38-31(5,6)7)27(24-16-15-21(2)23(4)20-24)28(35)32-25-14-12-11-13-22(25)3/h11-16,20,26-27H,9-10,17-19H2,1-8H3,(H,32,35)(H,33,37). The highest BCUT2D eigenvalue weighted by atomic mass is 32.2. The maximum atomic E-state index is 14.2. The van der Waals surface area contributed by atoms with Crippen LogP contribution in [0.5, 0.6) is 0 Å². The Bertz CT molecular complexity index is 1130. The molecule has 0 spiro atoms. The van der Waals surface area contributed by atoms with E-state index in [4.69, 9.17) is 4.74 Å². The average Bonchev–Trinajstić information content (AvgIpc) is 2.86. The fourth-order valence-electron chi connectivity index (χ4n) is 4.16. The van der Waals surface area contributed by atoms with Gasteiger partial charge in [-0.05, 0) is 94.7 Å². The third-order valence-electron chi connectivity index (χ3n) is 6.45. The molecule has 2 atom stereocenters. The van der Waals surface area contributed by atoms with Crippen molar-refractivity contribution in [3.63, 3.8) is 0 Å². The summed E-state index contributed by atoms with van der Waals surface area (Å²) in [6.07, 6.45) is 3.28. The van der Waals surface area contributed by atoms with E-state index in [0.29, 0.717) is 30.8 Å². The van der Waals surface area contributed by atoms with Gasteiger partial charge in [0.2, 0.25) is 5.91 Å². The zero-order valence-corrected chi connectivity index (χ0v) is 25.5. The van der Waals surface area contributed by atoms with Crippen molar-refractivity contribution < 1.29 is 19.1 Å². The van der Waals surface area contributed by atoms with Crippen LogP contribution in [0.1, 0.15) is 75.3 Å². The Balaban J connectivity index is 2.55. The predicted octanol–water partition coefficient (Wildman–Crippen LogP) is 6.57. The number of aryl methyl sites for hydroxylation is 3. The Hall–Kier alpha value is -3.00. The number of unbranched alkanes of at least 4 members (excludes halogenated alkanes) is 1. The molecule has 2 aromatic rings. The van der Waals surface area contributed by atoms with Crippen LogP contribution in [0.15, 0.2) is 42.5 Å². The van der Waals surface area contributed by atoms with E-state index in [9.17, 15) is 14.4 Å². The Morgan fingerprint density at radius 3 is 2.28 bits per heavy atom. The molecule has 0 bridgehead atoms. The summed E-state index contributed by atoms with van der Waals surface area (Å²) < 4.78 is 5.47. The van der Waals surface area contributed by atoms with E-state index in [-0.39, 0.29) is 11.8 Å². The number of benzene rings is 2. The number of rotatable bonds is 12. The lowest BCUT2D eigenvalue weighted by molar-refractivity contribution is -0.141. The zero-order valence-electron chi connectivity index (χ0n) is 24.7. The maximum Gasteiger partial charge on any atom is 0.408 e. The predicted molar refractivity (Wildman–Crippen MR) is 161 cm³/mol. The minimum Gasteiger partial charge on any atom is -0.444 e. The van der Waals surface area contributed by atoms with Crippen LogP contribution in [0, 0.1) is 20.8 Å². The Morgan fingerprint density at radius 1 is 1.00 bits per heavy atom. The fourth-order valence-corrected chi connectivity index (χ4v) is 4.63. The number of alkyl carbamates (subject to hydrolysis) is 1. The average molecular weight is 556 g/mol. The van der Waals surface area contributed by atoms with Gasteiger partial charge in [0.25, 0.3) is 5.91 Å². The van der Waals surface area contributed by atoms with Gasteiger partial charge in [-0.3, -0.25) is 9.59 Å².